The van der Waals surface area contributed by atoms with Crippen molar-refractivity contribution in [1.82, 2.24) is 0 Å². The normalized spacial score (nSPS) is 50.3. The van der Waals surface area contributed by atoms with Crippen LogP contribution in [0.4, 0.5) is 0 Å². The van der Waals surface area contributed by atoms with Crippen LogP contribution >= 0.6 is 0 Å². The van der Waals surface area contributed by atoms with Crippen molar-refractivity contribution in [3.05, 3.63) is 12.2 Å². The summed E-state index contributed by atoms with van der Waals surface area (Å²) in [6.45, 7) is 6.98. The van der Waals surface area contributed by atoms with Crippen LogP contribution in [0.15, 0.2) is 12.2 Å². The zero-order chi connectivity index (χ0) is 12.5. The summed E-state index contributed by atoms with van der Waals surface area (Å²) >= 11 is 0. The molecular formula is C15H22O2. The Morgan fingerprint density at radius 3 is 2.65 bits per heavy atom. The number of carboxylic acids is 1. The van der Waals surface area contributed by atoms with E-state index >= 15 is 0 Å². The maximum atomic E-state index is 11.6. The maximum Gasteiger partial charge on any atom is 0.307 e. The van der Waals surface area contributed by atoms with Gasteiger partial charge in [-0.1, -0.05) is 32.9 Å². The Balaban J connectivity index is 2.16. The van der Waals surface area contributed by atoms with Gasteiger partial charge in [0.05, 0.1) is 5.92 Å². The van der Waals surface area contributed by atoms with Gasteiger partial charge >= 0.3 is 5.97 Å². The predicted octanol–water partition coefficient (Wildman–Crippen LogP) is 3.48. The Hall–Kier alpha value is -0.790. The molecule has 0 unspecified atom stereocenters. The molecular weight excluding hydrogens is 212 g/mol. The summed E-state index contributed by atoms with van der Waals surface area (Å²) in [5.41, 5.74) is 0.423. The number of carboxylic acid groups (broad SMARTS) is 1. The van der Waals surface area contributed by atoms with Gasteiger partial charge in [0.15, 0.2) is 0 Å². The summed E-state index contributed by atoms with van der Waals surface area (Å²) in [6.07, 6.45) is 8.70. The molecule has 0 saturated heterocycles. The molecule has 0 aromatic carbocycles. The molecule has 0 heterocycles. The van der Waals surface area contributed by atoms with E-state index in [0.29, 0.717) is 11.3 Å². The van der Waals surface area contributed by atoms with Gasteiger partial charge in [0.2, 0.25) is 0 Å². The van der Waals surface area contributed by atoms with Gasteiger partial charge in [0, 0.05) is 5.41 Å². The molecule has 2 saturated carbocycles. The molecule has 1 N–H and O–H groups in total. The number of hydrogen-bond acceptors (Lipinski definition) is 1. The molecule has 17 heavy (non-hydrogen) atoms. The van der Waals surface area contributed by atoms with E-state index in [2.05, 4.69) is 32.9 Å². The van der Waals surface area contributed by atoms with Crippen molar-refractivity contribution in [2.75, 3.05) is 0 Å². The highest BCUT2D eigenvalue weighted by Crippen LogP contribution is 2.75. The van der Waals surface area contributed by atoms with Gasteiger partial charge in [-0.2, -0.15) is 0 Å². The Bertz CT molecular complexity index is 409. The summed E-state index contributed by atoms with van der Waals surface area (Å²) in [4.78, 5) is 11.6. The van der Waals surface area contributed by atoms with Gasteiger partial charge < -0.3 is 5.11 Å². The molecule has 2 heteroatoms. The van der Waals surface area contributed by atoms with E-state index in [-0.39, 0.29) is 16.7 Å². The van der Waals surface area contributed by atoms with E-state index in [1.807, 2.05) is 0 Å². The number of allylic oxidation sites excluding steroid dienone is 2. The molecule has 0 aliphatic heterocycles. The van der Waals surface area contributed by atoms with Crippen molar-refractivity contribution in [1.29, 1.82) is 0 Å². The second kappa shape index (κ2) is 2.96. The van der Waals surface area contributed by atoms with Crippen LogP contribution in [0.1, 0.15) is 46.5 Å². The lowest BCUT2D eigenvalue weighted by Gasteiger charge is -2.41. The van der Waals surface area contributed by atoms with Gasteiger partial charge in [-0.05, 0) is 42.4 Å². The SMILES string of the molecule is CC1(C)C[C@]2(C)CC=C[C@@]23[C@H](C(=O)O)CC[C@@H]13. The van der Waals surface area contributed by atoms with E-state index in [4.69, 9.17) is 0 Å². The number of rotatable bonds is 1. The Labute approximate surface area is 103 Å². The van der Waals surface area contributed by atoms with Gasteiger partial charge in [-0.3, -0.25) is 4.79 Å². The molecule has 2 nitrogen and oxygen atoms in total. The Morgan fingerprint density at radius 2 is 2.00 bits per heavy atom. The first kappa shape index (κ1) is 11.3. The third-order valence-electron chi connectivity index (χ3n) is 5.99. The van der Waals surface area contributed by atoms with E-state index in [1.165, 1.54) is 6.42 Å². The minimum absolute atomic E-state index is 0.0532. The molecule has 0 amide bonds. The van der Waals surface area contributed by atoms with Crippen LogP contribution in [0.25, 0.3) is 0 Å². The molecule has 2 fully saturated rings. The zero-order valence-electron chi connectivity index (χ0n) is 11.0. The smallest absolute Gasteiger partial charge is 0.307 e. The van der Waals surface area contributed by atoms with Gasteiger partial charge in [0.1, 0.15) is 0 Å². The highest BCUT2D eigenvalue weighted by Gasteiger charge is 2.70. The Morgan fingerprint density at radius 1 is 1.29 bits per heavy atom. The van der Waals surface area contributed by atoms with Crippen molar-refractivity contribution >= 4 is 5.97 Å². The third-order valence-corrected chi connectivity index (χ3v) is 5.99. The molecule has 0 aromatic heterocycles. The second-order valence-electron chi connectivity index (χ2n) is 7.29. The summed E-state index contributed by atoms with van der Waals surface area (Å²) in [5, 5.41) is 9.55. The van der Waals surface area contributed by atoms with Crippen LogP contribution in [-0.2, 0) is 4.79 Å². The average molecular weight is 234 g/mol. The highest BCUT2D eigenvalue weighted by atomic mass is 16.4. The number of carbonyl (C=O) groups is 1. The lowest BCUT2D eigenvalue weighted by Crippen LogP contribution is -2.41. The van der Waals surface area contributed by atoms with Gasteiger partial charge in [-0.25, -0.2) is 0 Å². The van der Waals surface area contributed by atoms with Crippen LogP contribution in [0.5, 0.6) is 0 Å². The van der Waals surface area contributed by atoms with Gasteiger partial charge in [-0.15, -0.1) is 0 Å². The lowest BCUT2D eigenvalue weighted by molar-refractivity contribution is -0.147. The van der Waals surface area contributed by atoms with Crippen molar-refractivity contribution in [2.24, 2.45) is 28.1 Å². The van der Waals surface area contributed by atoms with E-state index in [9.17, 15) is 9.90 Å². The molecule has 0 aromatic rings. The molecule has 94 valence electrons. The molecule has 0 bridgehead atoms. The molecule has 0 radical (unpaired) electrons. The fraction of sp³-hybridized carbons (Fsp3) is 0.800. The summed E-state index contributed by atoms with van der Waals surface area (Å²) in [6, 6.07) is 0. The molecule has 4 atom stereocenters. The molecule has 3 rings (SSSR count). The quantitative estimate of drug-likeness (QED) is 0.705. The second-order valence-corrected chi connectivity index (χ2v) is 7.29. The molecule has 3 aliphatic rings. The lowest BCUT2D eigenvalue weighted by atomic mass is 9.61. The largest absolute Gasteiger partial charge is 0.481 e. The fourth-order valence-corrected chi connectivity index (χ4v) is 5.74. The monoisotopic (exact) mass is 234 g/mol. The van der Waals surface area contributed by atoms with Crippen LogP contribution in [0, 0.1) is 28.1 Å². The van der Waals surface area contributed by atoms with Crippen LogP contribution in [-0.4, -0.2) is 11.1 Å². The summed E-state index contributed by atoms with van der Waals surface area (Å²) < 4.78 is 0. The van der Waals surface area contributed by atoms with Crippen LogP contribution in [0.2, 0.25) is 0 Å². The van der Waals surface area contributed by atoms with Crippen LogP contribution < -0.4 is 0 Å². The average Bonchev–Trinajstić information content (AvgIpc) is 2.73. The topological polar surface area (TPSA) is 37.3 Å². The molecule has 1 spiro atoms. The molecule has 3 aliphatic carbocycles. The highest BCUT2D eigenvalue weighted by molar-refractivity contribution is 5.73. The standard InChI is InChI=1S/C15H22O2/c1-13(2)9-14(3)7-4-8-15(14)10(12(16)17)5-6-11(13)15/h4,8,10-11H,5-7,9H2,1-3H3,(H,16,17)/t10-,11-,14-,15-/m0/s1. The van der Waals surface area contributed by atoms with Crippen molar-refractivity contribution in [3.63, 3.8) is 0 Å². The van der Waals surface area contributed by atoms with E-state index in [1.54, 1.807) is 0 Å². The number of aliphatic carboxylic acids is 1. The first-order valence-corrected chi connectivity index (χ1v) is 6.74. The van der Waals surface area contributed by atoms with E-state index < -0.39 is 5.97 Å². The zero-order valence-corrected chi connectivity index (χ0v) is 11.0. The van der Waals surface area contributed by atoms with Crippen LogP contribution in [0.3, 0.4) is 0 Å². The number of hydrogen-bond donors (Lipinski definition) is 1. The first-order chi connectivity index (χ1) is 7.83. The first-order valence-electron chi connectivity index (χ1n) is 6.74. The summed E-state index contributed by atoms with van der Waals surface area (Å²) in [7, 11) is 0. The van der Waals surface area contributed by atoms with E-state index in [0.717, 1.165) is 19.3 Å². The Kier molecular flexibility index (Phi) is 1.97. The third kappa shape index (κ3) is 1.10. The van der Waals surface area contributed by atoms with Crippen molar-refractivity contribution < 1.29 is 9.90 Å². The maximum absolute atomic E-state index is 11.6. The van der Waals surface area contributed by atoms with Gasteiger partial charge in [0.25, 0.3) is 0 Å². The van der Waals surface area contributed by atoms with Crippen molar-refractivity contribution in [3.8, 4) is 0 Å². The predicted molar refractivity (Wildman–Crippen MR) is 66.5 cm³/mol. The minimum Gasteiger partial charge on any atom is -0.481 e. The van der Waals surface area contributed by atoms with Crippen molar-refractivity contribution in [2.45, 2.75) is 46.5 Å². The minimum atomic E-state index is -0.581. The fourth-order valence-electron chi connectivity index (χ4n) is 5.74. The summed E-state index contributed by atoms with van der Waals surface area (Å²) in [5.74, 6) is -0.180.